The topological polar surface area (TPSA) is 39.0 Å². The van der Waals surface area contributed by atoms with Gasteiger partial charge in [0.2, 0.25) is 0 Å². The highest BCUT2D eigenvalue weighted by Gasteiger charge is 2.07. The molecule has 0 spiro atoms. The summed E-state index contributed by atoms with van der Waals surface area (Å²) in [6, 6.07) is 6.75. The smallest absolute Gasteiger partial charge is 0.314 e. The molecule has 1 aromatic heterocycles. The van der Waals surface area contributed by atoms with Crippen LogP contribution in [0.4, 0.5) is 0 Å². The van der Waals surface area contributed by atoms with Gasteiger partial charge in [0, 0.05) is 20.1 Å². The molecule has 4 nitrogen and oxygen atoms in total. The van der Waals surface area contributed by atoms with Crippen molar-refractivity contribution in [1.29, 1.82) is 0 Å². The van der Waals surface area contributed by atoms with Gasteiger partial charge in [-0.25, -0.2) is 4.79 Å². The van der Waals surface area contributed by atoms with Gasteiger partial charge in [0.1, 0.15) is 0 Å². The first-order chi connectivity index (χ1) is 8.50. The van der Waals surface area contributed by atoms with E-state index >= 15 is 0 Å². The lowest BCUT2D eigenvalue weighted by Gasteiger charge is -2.08. The Labute approximate surface area is 107 Å². The van der Waals surface area contributed by atoms with Gasteiger partial charge in [-0.3, -0.25) is 9.13 Å². The Balaban J connectivity index is 2.27. The minimum absolute atomic E-state index is 0.0301. The van der Waals surface area contributed by atoms with Crippen LogP contribution in [0.1, 0.15) is 19.4 Å². The lowest BCUT2D eigenvalue weighted by Crippen LogP contribution is -2.24. The predicted molar refractivity (Wildman–Crippen MR) is 75.0 cm³/mol. The van der Waals surface area contributed by atoms with Gasteiger partial charge >= 0.3 is 5.69 Å². The van der Waals surface area contributed by atoms with E-state index in [-0.39, 0.29) is 5.69 Å². The molecule has 2 aromatic rings. The zero-order chi connectivity index (χ0) is 13.3. The van der Waals surface area contributed by atoms with Crippen molar-refractivity contribution in [2.45, 2.75) is 26.3 Å². The summed E-state index contributed by atoms with van der Waals surface area (Å²) in [5.41, 5.74) is 3.28. The maximum atomic E-state index is 11.8. The molecule has 0 radical (unpaired) electrons. The maximum absolute atomic E-state index is 11.8. The molecule has 0 fully saturated rings. The molecule has 0 unspecified atom stereocenters. The second-order valence-electron chi connectivity index (χ2n) is 5.08. The summed E-state index contributed by atoms with van der Waals surface area (Å²) in [5.74, 6) is 0. The van der Waals surface area contributed by atoms with E-state index in [1.807, 2.05) is 20.2 Å². The second-order valence-corrected chi connectivity index (χ2v) is 5.08. The summed E-state index contributed by atoms with van der Waals surface area (Å²) in [7, 11) is 3.63. The third-order valence-corrected chi connectivity index (χ3v) is 3.30. The molecule has 2 rings (SSSR count). The summed E-state index contributed by atoms with van der Waals surface area (Å²) in [6.45, 7) is 5.25. The number of hydrogen-bond donors (Lipinski definition) is 1. The summed E-state index contributed by atoms with van der Waals surface area (Å²) < 4.78 is 3.39. The quantitative estimate of drug-likeness (QED) is 0.887. The summed E-state index contributed by atoms with van der Waals surface area (Å²) >= 11 is 0. The maximum Gasteiger partial charge on any atom is 0.328 e. The molecule has 0 saturated heterocycles. The second kappa shape index (κ2) is 4.98. The van der Waals surface area contributed by atoms with Crippen LogP contribution < -0.4 is 11.0 Å². The fourth-order valence-corrected chi connectivity index (χ4v) is 2.21. The largest absolute Gasteiger partial charge is 0.328 e. The molecule has 0 bridgehead atoms. The van der Waals surface area contributed by atoms with Crippen LogP contribution in [0, 0.1) is 0 Å². The van der Waals surface area contributed by atoms with Crippen molar-refractivity contribution in [3.63, 3.8) is 0 Å². The van der Waals surface area contributed by atoms with E-state index in [2.05, 4.69) is 31.3 Å². The van der Waals surface area contributed by atoms with E-state index in [1.165, 1.54) is 5.56 Å². The number of benzene rings is 1. The Bertz CT molecular complexity index is 607. The molecule has 1 aromatic carbocycles. The van der Waals surface area contributed by atoms with E-state index in [4.69, 9.17) is 0 Å². The van der Waals surface area contributed by atoms with Crippen molar-refractivity contribution in [1.82, 2.24) is 14.5 Å². The molecular weight excluding hydrogens is 226 g/mol. The highest BCUT2D eigenvalue weighted by atomic mass is 16.1. The molecule has 0 aliphatic heterocycles. The number of imidazole rings is 1. The molecule has 0 aliphatic carbocycles. The van der Waals surface area contributed by atoms with Gasteiger partial charge in [-0.1, -0.05) is 19.9 Å². The molecular formula is C14H21N3O. The Morgan fingerprint density at radius 1 is 1.17 bits per heavy atom. The van der Waals surface area contributed by atoms with Gasteiger partial charge in [0.05, 0.1) is 11.0 Å². The van der Waals surface area contributed by atoms with E-state index in [0.717, 1.165) is 24.0 Å². The average molecular weight is 247 g/mol. The van der Waals surface area contributed by atoms with Crippen LogP contribution in [0.3, 0.4) is 0 Å². The van der Waals surface area contributed by atoms with Crippen molar-refractivity contribution in [2.75, 3.05) is 6.54 Å². The number of nitrogens with one attached hydrogen (secondary N) is 1. The van der Waals surface area contributed by atoms with Crippen LogP contribution in [0.2, 0.25) is 0 Å². The van der Waals surface area contributed by atoms with Gasteiger partial charge in [0.15, 0.2) is 0 Å². The van der Waals surface area contributed by atoms with Gasteiger partial charge in [-0.05, 0) is 30.7 Å². The van der Waals surface area contributed by atoms with Crippen LogP contribution in [-0.4, -0.2) is 21.7 Å². The van der Waals surface area contributed by atoms with E-state index in [9.17, 15) is 4.79 Å². The van der Waals surface area contributed by atoms with Gasteiger partial charge in [0.25, 0.3) is 0 Å². The molecule has 18 heavy (non-hydrogen) atoms. The number of aryl methyl sites for hydroxylation is 2. The molecule has 1 heterocycles. The third-order valence-electron chi connectivity index (χ3n) is 3.30. The Kier molecular flexibility index (Phi) is 3.57. The molecule has 0 atom stereocenters. The van der Waals surface area contributed by atoms with E-state index in [0.29, 0.717) is 6.04 Å². The zero-order valence-corrected chi connectivity index (χ0v) is 11.5. The number of nitrogens with zero attached hydrogens (tertiary/aromatic N) is 2. The Morgan fingerprint density at radius 3 is 2.50 bits per heavy atom. The fraction of sp³-hybridized carbons (Fsp3) is 0.500. The first kappa shape index (κ1) is 12.9. The normalized spacial score (nSPS) is 11.6. The predicted octanol–water partition coefficient (Wildman–Crippen LogP) is 1.42. The van der Waals surface area contributed by atoms with E-state index in [1.54, 1.807) is 9.13 Å². The minimum atomic E-state index is 0.0301. The highest BCUT2D eigenvalue weighted by Crippen LogP contribution is 2.14. The summed E-state index contributed by atoms with van der Waals surface area (Å²) in [6.07, 6.45) is 0.983. The lowest BCUT2D eigenvalue weighted by molar-refractivity contribution is 0.590. The van der Waals surface area contributed by atoms with Crippen LogP contribution in [0.15, 0.2) is 23.0 Å². The van der Waals surface area contributed by atoms with Gasteiger partial charge < -0.3 is 5.32 Å². The lowest BCUT2D eigenvalue weighted by atomic mass is 10.1. The van der Waals surface area contributed by atoms with Crippen molar-refractivity contribution in [3.8, 4) is 0 Å². The van der Waals surface area contributed by atoms with Crippen LogP contribution >= 0.6 is 0 Å². The highest BCUT2D eigenvalue weighted by molar-refractivity contribution is 5.76. The SMILES string of the molecule is CC(C)NCCc1ccc2c(c1)n(C)c(=O)n2C. The van der Waals surface area contributed by atoms with Gasteiger partial charge in [-0.15, -0.1) is 0 Å². The number of hydrogen-bond acceptors (Lipinski definition) is 2. The van der Waals surface area contributed by atoms with Crippen molar-refractivity contribution >= 4 is 11.0 Å². The van der Waals surface area contributed by atoms with E-state index < -0.39 is 0 Å². The van der Waals surface area contributed by atoms with Crippen LogP contribution in [-0.2, 0) is 20.5 Å². The molecule has 98 valence electrons. The molecule has 0 saturated carbocycles. The monoisotopic (exact) mass is 247 g/mol. The standard InChI is InChI=1S/C14H21N3O/c1-10(2)15-8-7-11-5-6-12-13(9-11)17(4)14(18)16(12)3/h5-6,9-10,15H,7-8H2,1-4H3. The Hall–Kier alpha value is -1.55. The number of aromatic nitrogens is 2. The average Bonchev–Trinajstić information content (AvgIpc) is 2.54. The van der Waals surface area contributed by atoms with Crippen molar-refractivity contribution < 1.29 is 0 Å². The van der Waals surface area contributed by atoms with Crippen molar-refractivity contribution in [2.24, 2.45) is 14.1 Å². The first-order valence-corrected chi connectivity index (χ1v) is 6.38. The third kappa shape index (κ3) is 2.34. The minimum Gasteiger partial charge on any atom is -0.314 e. The zero-order valence-electron chi connectivity index (χ0n) is 11.5. The Morgan fingerprint density at radius 2 is 1.83 bits per heavy atom. The first-order valence-electron chi connectivity index (χ1n) is 6.38. The molecule has 0 aliphatic rings. The van der Waals surface area contributed by atoms with Crippen LogP contribution in [0.5, 0.6) is 0 Å². The molecule has 1 N–H and O–H groups in total. The summed E-state index contributed by atoms with van der Waals surface area (Å²) in [5, 5.41) is 3.40. The summed E-state index contributed by atoms with van der Waals surface area (Å²) in [4.78, 5) is 11.8. The van der Waals surface area contributed by atoms with Crippen molar-refractivity contribution in [3.05, 3.63) is 34.2 Å². The number of rotatable bonds is 4. The van der Waals surface area contributed by atoms with Gasteiger partial charge in [-0.2, -0.15) is 0 Å². The number of fused-ring (bicyclic) bond motifs is 1. The van der Waals surface area contributed by atoms with Crippen LogP contribution in [0.25, 0.3) is 11.0 Å². The molecule has 0 amide bonds. The molecule has 4 heteroatoms. The fourth-order valence-electron chi connectivity index (χ4n) is 2.21.